The Balaban J connectivity index is 2.16. The molecular formula is C14H14N2O3S. The summed E-state index contributed by atoms with van der Waals surface area (Å²) < 4.78 is 22.5. The standard InChI is InChI=1S/C14H14N2O3S/c1-20(18,19)10-11-5-4-6-12(9-11)14(17)16-13-7-2-3-8-15-13/h2-9H,10H2,1H3,(H,15,16,17). The molecule has 6 heteroatoms. The predicted octanol–water partition coefficient (Wildman–Crippen LogP) is 1.88. The van der Waals surface area contributed by atoms with Crippen LogP contribution in [-0.4, -0.2) is 25.6 Å². The summed E-state index contributed by atoms with van der Waals surface area (Å²) in [4.78, 5) is 16.0. The molecule has 0 aliphatic rings. The van der Waals surface area contributed by atoms with E-state index >= 15 is 0 Å². The molecule has 1 aromatic heterocycles. The van der Waals surface area contributed by atoms with Crippen molar-refractivity contribution in [1.29, 1.82) is 0 Å². The largest absolute Gasteiger partial charge is 0.307 e. The highest BCUT2D eigenvalue weighted by Crippen LogP contribution is 2.11. The molecule has 104 valence electrons. The maximum atomic E-state index is 12.0. The lowest BCUT2D eigenvalue weighted by molar-refractivity contribution is 0.102. The van der Waals surface area contributed by atoms with Gasteiger partial charge in [-0.15, -0.1) is 0 Å². The molecule has 0 saturated carbocycles. The monoisotopic (exact) mass is 290 g/mol. The Morgan fingerprint density at radius 3 is 2.65 bits per heavy atom. The van der Waals surface area contributed by atoms with Crippen LogP contribution in [0.15, 0.2) is 48.7 Å². The number of amides is 1. The predicted molar refractivity (Wildman–Crippen MR) is 77.2 cm³/mol. The second-order valence-electron chi connectivity index (χ2n) is 4.44. The van der Waals surface area contributed by atoms with E-state index < -0.39 is 9.84 Å². The third-order valence-electron chi connectivity index (χ3n) is 2.52. The van der Waals surface area contributed by atoms with Gasteiger partial charge in [-0.3, -0.25) is 4.79 Å². The van der Waals surface area contributed by atoms with E-state index in [1.165, 1.54) is 0 Å². The Morgan fingerprint density at radius 1 is 1.20 bits per heavy atom. The third-order valence-corrected chi connectivity index (χ3v) is 3.38. The van der Waals surface area contributed by atoms with E-state index in [2.05, 4.69) is 10.3 Å². The minimum atomic E-state index is -3.12. The summed E-state index contributed by atoms with van der Waals surface area (Å²) in [7, 11) is -3.12. The Hall–Kier alpha value is -2.21. The molecule has 1 N–H and O–H groups in total. The maximum absolute atomic E-state index is 12.0. The molecule has 0 radical (unpaired) electrons. The van der Waals surface area contributed by atoms with E-state index in [1.54, 1.807) is 48.7 Å². The van der Waals surface area contributed by atoms with Crippen LogP contribution >= 0.6 is 0 Å². The highest BCUT2D eigenvalue weighted by atomic mass is 32.2. The Morgan fingerprint density at radius 2 is 2.00 bits per heavy atom. The second kappa shape index (κ2) is 5.83. The normalized spacial score (nSPS) is 11.1. The number of anilines is 1. The summed E-state index contributed by atoms with van der Waals surface area (Å²) in [5.41, 5.74) is 0.984. The first-order valence-electron chi connectivity index (χ1n) is 5.93. The molecule has 0 aliphatic carbocycles. The molecule has 0 aliphatic heterocycles. The zero-order valence-corrected chi connectivity index (χ0v) is 11.7. The van der Waals surface area contributed by atoms with Crippen molar-refractivity contribution in [2.24, 2.45) is 0 Å². The number of hydrogen-bond acceptors (Lipinski definition) is 4. The number of nitrogens with one attached hydrogen (secondary N) is 1. The molecule has 0 bridgehead atoms. The quantitative estimate of drug-likeness (QED) is 0.932. The third kappa shape index (κ3) is 4.17. The lowest BCUT2D eigenvalue weighted by atomic mass is 10.1. The van der Waals surface area contributed by atoms with E-state index in [-0.39, 0.29) is 11.7 Å². The van der Waals surface area contributed by atoms with Crippen LogP contribution in [-0.2, 0) is 15.6 Å². The number of carbonyl (C=O) groups is 1. The lowest BCUT2D eigenvalue weighted by Gasteiger charge is -2.06. The lowest BCUT2D eigenvalue weighted by Crippen LogP contribution is -2.13. The topological polar surface area (TPSA) is 76.1 Å². The number of nitrogens with zero attached hydrogens (tertiary/aromatic N) is 1. The summed E-state index contributed by atoms with van der Waals surface area (Å²) in [6.07, 6.45) is 2.74. The van der Waals surface area contributed by atoms with Gasteiger partial charge in [0.15, 0.2) is 9.84 Å². The van der Waals surface area contributed by atoms with Crippen LogP contribution < -0.4 is 5.32 Å². The van der Waals surface area contributed by atoms with Gasteiger partial charge in [-0.2, -0.15) is 0 Å². The van der Waals surface area contributed by atoms with Crippen molar-refractivity contribution in [3.05, 3.63) is 59.8 Å². The van der Waals surface area contributed by atoms with Crippen LogP contribution in [0.25, 0.3) is 0 Å². The minimum Gasteiger partial charge on any atom is -0.307 e. The van der Waals surface area contributed by atoms with E-state index in [9.17, 15) is 13.2 Å². The molecule has 20 heavy (non-hydrogen) atoms. The van der Waals surface area contributed by atoms with Gasteiger partial charge in [-0.25, -0.2) is 13.4 Å². The Bertz CT molecular complexity index is 712. The van der Waals surface area contributed by atoms with E-state index in [0.717, 1.165) is 6.26 Å². The summed E-state index contributed by atoms with van der Waals surface area (Å²) in [5, 5.41) is 2.65. The van der Waals surface area contributed by atoms with Crippen molar-refractivity contribution in [3.8, 4) is 0 Å². The Labute approximate surface area is 117 Å². The first-order valence-corrected chi connectivity index (χ1v) is 7.99. The number of aromatic nitrogens is 1. The minimum absolute atomic E-state index is 0.0856. The first-order chi connectivity index (χ1) is 9.44. The Kier molecular flexibility index (Phi) is 4.14. The maximum Gasteiger partial charge on any atom is 0.256 e. The highest BCUT2D eigenvalue weighted by Gasteiger charge is 2.09. The van der Waals surface area contributed by atoms with Gasteiger partial charge in [0.1, 0.15) is 5.82 Å². The van der Waals surface area contributed by atoms with Gasteiger partial charge < -0.3 is 5.32 Å². The van der Waals surface area contributed by atoms with Crippen LogP contribution in [0.1, 0.15) is 15.9 Å². The fraction of sp³-hybridized carbons (Fsp3) is 0.143. The number of pyridine rings is 1. The highest BCUT2D eigenvalue weighted by molar-refractivity contribution is 7.89. The van der Waals surface area contributed by atoms with Crippen molar-refractivity contribution >= 4 is 21.6 Å². The molecule has 1 amide bonds. The van der Waals surface area contributed by atoms with Crippen molar-refractivity contribution in [2.45, 2.75) is 5.75 Å². The second-order valence-corrected chi connectivity index (χ2v) is 6.58. The number of sulfone groups is 1. The molecule has 5 nitrogen and oxygen atoms in total. The number of benzene rings is 1. The molecule has 0 atom stereocenters. The average Bonchev–Trinajstić information content (AvgIpc) is 2.38. The molecule has 1 heterocycles. The molecule has 2 aromatic rings. The van der Waals surface area contributed by atoms with E-state index in [1.807, 2.05) is 0 Å². The van der Waals surface area contributed by atoms with E-state index in [0.29, 0.717) is 16.9 Å². The SMILES string of the molecule is CS(=O)(=O)Cc1cccc(C(=O)Nc2ccccn2)c1. The summed E-state index contributed by atoms with van der Waals surface area (Å²) in [6.45, 7) is 0. The summed E-state index contributed by atoms with van der Waals surface area (Å²) >= 11 is 0. The van der Waals surface area contributed by atoms with Crippen LogP contribution in [0.3, 0.4) is 0 Å². The van der Waals surface area contributed by atoms with Gasteiger partial charge in [-0.1, -0.05) is 18.2 Å². The van der Waals surface area contributed by atoms with Gasteiger partial charge in [0, 0.05) is 18.0 Å². The fourth-order valence-electron chi connectivity index (χ4n) is 1.73. The molecule has 1 aromatic carbocycles. The number of rotatable bonds is 4. The van der Waals surface area contributed by atoms with Crippen molar-refractivity contribution in [1.82, 2.24) is 4.98 Å². The number of carbonyl (C=O) groups excluding carboxylic acids is 1. The van der Waals surface area contributed by atoms with Crippen molar-refractivity contribution in [2.75, 3.05) is 11.6 Å². The fourth-order valence-corrected chi connectivity index (χ4v) is 2.52. The molecular weight excluding hydrogens is 276 g/mol. The van der Waals surface area contributed by atoms with Crippen LogP contribution in [0.5, 0.6) is 0 Å². The van der Waals surface area contributed by atoms with Gasteiger partial charge in [0.25, 0.3) is 5.91 Å². The number of hydrogen-bond donors (Lipinski definition) is 1. The molecule has 0 unspecified atom stereocenters. The zero-order valence-electron chi connectivity index (χ0n) is 10.9. The average molecular weight is 290 g/mol. The van der Waals surface area contributed by atoms with Crippen LogP contribution in [0.4, 0.5) is 5.82 Å². The van der Waals surface area contributed by atoms with E-state index in [4.69, 9.17) is 0 Å². The van der Waals surface area contributed by atoms with Crippen LogP contribution in [0.2, 0.25) is 0 Å². The van der Waals surface area contributed by atoms with Gasteiger partial charge in [0.2, 0.25) is 0 Å². The summed E-state index contributed by atoms with van der Waals surface area (Å²) in [5.74, 6) is 0.0441. The van der Waals surface area contributed by atoms with Crippen molar-refractivity contribution < 1.29 is 13.2 Å². The molecule has 0 fully saturated rings. The smallest absolute Gasteiger partial charge is 0.256 e. The molecule has 0 spiro atoms. The molecule has 2 rings (SSSR count). The summed E-state index contributed by atoms with van der Waals surface area (Å²) in [6, 6.07) is 11.7. The van der Waals surface area contributed by atoms with Crippen LogP contribution in [0, 0.1) is 0 Å². The van der Waals surface area contributed by atoms with Gasteiger partial charge >= 0.3 is 0 Å². The van der Waals surface area contributed by atoms with Gasteiger partial charge in [-0.05, 0) is 29.8 Å². The van der Waals surface area contributed by atoms with Gasteiger partial charge in [0.05, 0.1) is 5.75 Å². The molecule has 0 saturated heterocycles. The van der Waals surface area contributed by atoms with Crippen molar-refractivity contribution in [3.63, 3.8) is 0 Å². The first kappa shape index (κ1) is 14.2. The zero-order chi connectivity index (χ0) is 14.6.